The van der Waals surface area contributed by atoms with Crippen molar-refractivity contribution in [2.45, 2.75) is 35.6 Å². The van der Waals surface area contributed by atoms with Crippen LogP contribution in [0.25, 0.3) is 11.0 Å². The minimum atomic E-state index is -3.83. The molecular formula is C19H17ClFNO3S. The van der Waals surface area contributed by atoms with Crippen molar-refractivity contribution in [3.63, 3.8) is 0 Å². The van der Waals surface area contributed by atoms with Gasteiger partial charge in [0.15, 0.2) is 0 Å². The van der Waals surface area contributed by atoms with Crippen molar-refractivity contribution in [1.29, 1.82) is 0 Å². The number of halogens is 2. The first-order valence-corrected chi connectivity index (χ1v) is 10.1. The van der Waals surface area contributed by atoms with Gasteiger partial charge in [-0.05, 0) is 50.6 Å². The number of rotatable bonds is 2. The summed E-state index contributed by atoms with van der Waals surface area (Å²) < 4.78 is 45.1. The molecule has 0 atom stereocenters. The van der Waals surface area contributed by atoms with E-state index in [1.54, 1.807) is 12.1 Å². The summed E-state index contributed by atoms with van der Waals surface area (Å²) in [6, 6.07) is 8.23. The van der Waals surface area contributed by atoms with Gasteiger partial charge in [0.05, 0.1) is 20.4 Å². The van der Waals surface area contributed by atoms with Crippen LogP contribution in [0.2, 0.25) is 5.02 Å². The van der Waals surface area contributed by atoms with E-state index in [4.69, 9.17) is 16.0 Å². The fraction of sp³-hybridized carbons (Fsp3) is 0.263. The Bertz CT molecular complexity index is 1140. The summed E-state index contributed by atoms with van der Waals surface area (Å²) in [6.07, 6.45) is 0.825. The molecule has 136 valence electrons. The molecule has 2 heterocycles. The molecule has 4 nitrogen and oxygen atoms in total. The highest BCUT2D eigenvalue weighted by Crippen LogP contribution is 2.37. The molecule has 1 aromatic heterocycles. The van der Waals surface area contributed by atoms with Gasteiger partial charge in [0, 0.05) is 23.6 Å². The lowest BCUT2D eigenvalue weighted by Crippen LogP contribution is -2.41. The third-order valence-electron chi connectivity index (χ3n) is 4.79. The van der Waals surface area contributed by atoms with Gasteiger partial charge in [0.2, 0.25) is 9.84 Å². The molecule has 3 aromatic rings. The van der Waals surface area contributed by atoms with Crippen molar-refractivity contribution < 1.29 is 17.2 Å². The van der Waals surface area contributed by atoms with Crippen LogP contribution < -0.4 is 5.32 Å². The van der Waals surface area contributed by atoms with Crippen LogP contribution in [-0.2, 0) is 21.8 Å². The number of furan rings is 1. The number of sulfone groups is 1. The van der Waals surface area contributed by atoms with Crippen molar-refractivity contribution in [2.24, 2.45) is 0 Å². The van der Waals surface area contributed by atoms with Gasteiger partial charge in [-0.15, -0.1) is 0 Å². The molecule has 0 unspecified atom stereocenters. The Morgan fingerprint density at radius 3 is 2.58 bits per heavy atom. The lowest BCUT2D eigenvalue weighted by atomic mass is 9.91. The second-order valence-corrected chi connectivity index (χ2v) is 9.31. The van der Waals surface area contributed by atoms with E-state index in [2.05, 4.69) is 5.32 Å². The van der Waals surface area contributed by atoms with Crippen molar-refractivity contribution in [2.75, 3.05) is 6.54 Å². The highest BCUT2D eigenvalue weighted by molar-refractivity contribution is 7.91. The van der Waals surface area contributed by atoms with Gasteiger partial charge in [0.25, 0.3) is 0 Å². The van der Waals surface area contributed by atoms with E-state index in [1.807, 2.05) is 13.8 Å². The Kier molecular flexibility index (Phi) is 3.91. The number of hydrogen-bond donors (Lipinski definition) is 1. The zero-order valence-corrected chi connectivity index (χ0v) is 15.8. The molecule has 2 aromatic carbocycles. The van der Waals surface area contributed by atoms with E-state index in [0.717, 1.165) is 41.8 Å². The van der Waals surface area contributed by atoms with Gasteiger partial charge in [-0.3, -0.25) is 0 Å². The second kappa shape index (κ2) is 5.81. The summed E-state index contributed by atoms with van der Waals surface area (Å²) in [6.45, 7) is 4.90. The Morgan fingerprint density at radius 1 is 1.15 bits per heavy atom. The fourth-order valence-corrected chi connectivity index (χ4v) is 4.96. The zero-order valence-electron chi connectivity index (χ0n) is 14.3. The van der Waals surface area contributed by atoms with Gasteiger partial charge in [-0.25, -0.2) is 12.8 Å². The molecule has 4 rings (SSSR count). The van der Waals surface area contributed by atoms with Crippen LogP contribution in [0.1, 0.15) is 25.2 Å². The average molecular weight is 394 g/mol. The van der Waals surface area contributed by atoms with Crippen LogP contribution in [0, 0.1) is 5.82 Å². The summed E-state index contributed by atoms with van der Waals surface area (Å²) in [5.41, 5.74) is 1.33. The maximum Gasteiger partial charge on any atom is 0.206 e. The topological polar surface area (TPSA) is 59.3 Å². The van der Waals surface area contributed by atoms with E-state index in [-0.39, 0.29) is 20.4 Å². The predicted molar refractivity (Wildman–Crippen MR) is 97.8 cm³/mol. The lowest BCUT2D eigenvalue weighted by molar-refractivity contribution is 0.310. The van der Waals surface area contributed by atoms with Gasteiger partial charge >= 0.3 is 0 Å². The molecular weight excluding hydrogens is 377 g/mol. The minimum Gasteiger partial charge on any atom is -0.459 e. The molecule has 1 N–H and O–H groups in total. The van der Waals surface area contributed by atoms with E-state index in [0.29, 0.717) is 5.58 Å². The van der Waals surface area contributed by atoms with E-state index < -0.39 is 15.7 Å². The highest BCUT2D eigenvalue weighted by Gasteiger charge is 2.32. The van der Waals surface area contributed by atoms with Gasteiger partial charge in [-0.2, -0.15) is 0 Å². The van der Waals surface area contributed by atoms with Crippen molar-refractivity contribution in [1.82, 2.24) is 5.32 Å². The van der Waals surface area contributed by atoms with Crippen LogP contribution in [0.5, 0.6) is 0 Å². The van der Waals surface area contributed by atoms with Gasteiger partial charge < -0.3 is 9.73 Å². The van der Waals surface area contributed by atoms with E-state index >= 15 is 0 Å². The number of fused-ring (bicyclic) bond motifs is 3. The second-order valence-electron chi connectivity index (χ2n) is 6.95. The molecule has 0 spiro atoms. The predicted octanol–water partition coefficient (Wildman–Crippen LogP) is 4.44. The lowest BCUT2D eigenvalue weighted by Gasteiger charge is -2.29. The first kappa shape index (κ1) is 17.5. The number of hydrogen-bond acceptors (Lipinski definition) is 4. The zero-order chi connectivity index (χ0) is 18.7. The quantitative estimate of drug-likeness (QED) is 0.654. The Balaban J connectivity index is 1.86. The first-order chi connectivity index (χ1) is 12.2. The highest BCUT2D eigenvalue weighted by atomic mass is 35.5. The summed E-state index contributed by atoms with van der Waals surface area (Å²) in [4.78, 5) is 0.0334. The van der Waals surface area contributed by atoms with Crippen molar-refractivity contribution >= 4 is 32.4 Å². The molecule has 0 aliphatic carbocycles. The molecule has 1 aliphatic heterocycles. The molecule has 7 heteroatoms. The Hall–Kier alpha value is -1.89. The van der Waals surface area contributed by atoms with E-state index in [9.17, 15) is 12.8 Å². The minimum absolute atomic E-state index is 0.0541. The van der Waals surface area contributed by atoms with Crippen LogP contribution >= 0.6 is 11.6 Å². The third-order valence-corrected chi connectivity index (χ3v) is 6.82. The molecule has 0 fully saturated rings. The Morgan fingerprint density at radius 2 is 1.85 bits per heavy atom. The Labute approximate surface area is 155 Å². The molecule has 0 saturated carbocycles. The van der Waals surface area contributed by atoms with Crippen LogP contribution in [0.15, 0.2) is 50.6 Å². The molecule has 26 heavy (non-hydrogen) atoms. The summed E-state index contributed by atoms with van der Waals surface area (Å²) >= 11 is 5.74. The molecule has 1 aliphatic rings. The monoisotopic (exact) mass is 393 g/mol. The van der Waals surface area contributed by atoms with Crippen LogP contribution in [0.3, 0.4) is 0 Å². The average Bonchev–Trinajstić information content (AvgIpc) is 2.96. The van der Waals surface area contributed by atoms with Crippen LogP contribution in [0.4, 0.5) is 4.39 Å². The summed E-state index contributed by atoms with van der Waals surface area (Å²) in [5, 5.41) is 4.09. The molecule has 0 bridgehead atoms. The SMILES string of the molecule is CC1(C)NCCc2c1oc1cc(S(=O)(=O)c3ccc(F)c(Cl)c3)ccc21. The molecule has 0 saturated heterocycles. The largest absolute Gasteiger partial charge is 0.459 e. The standard InChI is InChI=1S/C19H17ClFNO3S/c1-19(2)18-14(7-8-22-19)13-5-3-12(10-17(13)25-18)26(23,24)11-4-6-16(21)15(20)9-11/h3-6,9-10,22H,7-8H2,1-2H3. The number of benzene rings is 2. The number of nitrogens with one attached hydrogen (secondary N) is 1. The van der Waals surface area contributed by atoms with E-state index in [1.165, 1.54) is 12.1 Å². The summed E-state index contributed by atoms with van der Waals surface area (Å²) in [5.74, 6) is 0.174. The first-order valence-electron chi connectivity index (χ1n) is 8.21. The van der Waals surface area contributed by atoms with Gasteiger partial charge in [0.1, 0.15) is 17.2 Å². The van der Waals surface area contributed by atoms with Gasteiger partial charge in [-0.1, -0.05) is 11.6 Å². The summed E-state index contributed by atoms with van der Waals surface area (Å²) in [7, 11) is -3.83. The molecule has 0 radical (unpaired) electrons. The van der Waals surface area contributed by atoms with Crippen LogP contribution in [-0.4, -0.2) is 15.0 Å². The smallest absolute Gasteiger partial charge is 0.206 e. The molecule has 0 amide bonds. The maximum atomic E-state index is 13.4. The van der Waals surface area contributed by atoms with Crippen molar-refractivity contribution in [3.8, 4) is 0 Å². The van der Waals surface area contributed by atoms with Crippen molar-refractivity contribution in [3.05, 3.63) is 58.6 Å². The normalized spacial score (nSPS) is 16.6. The fourth-order valence-electron chi connectivity index (χ4n) is 3.41. The third kappa shape index (κ3) is 2.64. The maximum absolute atomic E-state index is 13.4.